The van der Waals surface area contributed by atoms with E-state index in [-0.39, 0.29) is 11.0 Å². The molecule has 1 fully saturated rings. The van der Waals surface area contributed by atoms with Gasteiger partial charge in [0.05, 0.1) is 0 Å². The van der Waals surface area contributed by atoms with Crippen LogP contribution in [0.2, 0.25) is 0 Å². The first-order valence-electron chi connectivity index (χ1n) is 8.45. The predicted octanol–water partition coefficient (Wildman–Crippen LogP) is 6.80. The first kappa shape index (κ1) is 20.9. The van der Waals surface area contributed by atoms with Crippen molar-refractivity contribution in [3.05, 3.63) is 35.9 Å². The monoisotopic (exact) mass is 384 g/mol. The summed E-state index contributed by atoms with van der Waals surface area (Å²) < 4.78 is 0. The number of hydrogen-bond acceptors (Lipinski definition) is 1. The summed E-state index contributed by atoms with van der Waals surface area (Å²) in [5.74, 6) is 1.10. The van der Waals surface area contributed by atoms with Gasteiger partial charge in [-0.3, -0.25) is 0 Å². The molecule has 0 amide bonds. The average Bonchev–Trinajstić information content (AvgIpc) is 2.67. The van der Waals surface area contributed by atoms with E-state index in [9.17, 15) is 0 Å². The maximum atomic E-state index is 4.20. The van der Waals surface area contributed by atoms with E-state index in [0.717, 1.165) is 0 Å². The Bertz CT molecular complexity index is 494. The minimum absolute atomic E-state index is 0.179. The Morgan fingerprint density at radius 3 is 1.74 bits per heavy atom. The summed E-state index contributed by atoms with van der Waals surface area (Å²) in [4.78, 5) is 2.57. The number of rotatable bonds is 3. The van der Waals surface area contributed by atoms with Crippen LogP contribution in [0.5, 0.6) is 0 Å². The van der Waals surface area contributed by atoms with Crippen LogP contribution in [0.1, 0.15) is 84.8 Å². The summed E-state index contributed by atoms with van der Waals surface area (Å²) >= 11 is 3.66. The van der Waals surface area contributed by atoms with E-state index in [2.05, 4.69) is 110 Å². The fraction of sp³-hybridized carbons (Fsp3) is 0.650. The van der Waals surface area contributed by atoms with Gasteiger partial charge in [0.2, 0.25) is 0 Å². The summed E-state index contributed by atoms with van der Waals surface area (Å²) in [5, 5.41) is 0. The van der Waals surface area contributed by atoms with Crippen LogP contribution < -0.4 is 4.90 Å². The fourth-order valence-corrected chi connectivity index (χ4v) is 3.93. The molecule has 0 atom stereocenters. The molecule has 23 heavy (non-hydrogen) atoms. The molecule has 1 aliphatic rings. The van der Waals surface area contributed by atoms with Crippen molar-refractivity contribution in [3.8, 4) is 0 Å². The van der Waals surface area contributed by atoms with Gasteiger partial charge in [-0.2, -0.15) is 0 Å². The van der Waals surface area contributed by atoms with Crippen LogP contribution in [-0.4, -0.2) is 5.54 Å². The van der Waals surface area contributed by atoms with Gasteiger partial charge in [0.1, 0.15) is 0 Å². The van der Waals surface area contributed by atoms with Gasteiger partial charge in [0, 0.05) is 11.2 Å². The molecule has 3 heteroatoms. The molecule has 0 bridgehead atoms. The Morgan fingerprint density at radius 2 is 1.43 bits per heavy atom. The van der Waals surface area contributed by atoms with Gasteiger partial charge in [-0.15, -0.1) is 5.41 Å². The van der Waals surface area contributed by atoms with E-state index in [4.69, 9.17) is 0 Å². The van der Waals surface area contributed by atoms with Gasteiger partial charge >= 0.3 is 25.2 Å². The van der Waals surface area contributed by atoms with E-state index >= 15 is 0 Å². The normalized spacial score (nSPS) is 19.1. The number of halogens is 1. The topological polar surface area (TPSA) is 3.24 Å². The van der Waals surface area contributed by atoms with Crippen molar-refractivity contribution >= 4 is 15.8 Å². The Morgan fingerprint density at radius 1 is 1.00 bits per heavy atom. The number of benzene rings is 1. The molecular formula is C20H32ClCuN. The van der Waals surface area contributed by atoms with Crippen molar-refractivity contribution in [1.29, 1.82) is 0 Å². The molecule has 0 spiro atoms. The van der Waals surface area contributed by atoms with Crippen LogP contribution >= 0.6 is 10.1 Å². The molecule has 1 aromatic carbocycles. The van der Waals surface area contributed by atoms with Crippen LogP contribution in [0.4, 0.5) is 5.69 Å². The van der Waals surface area contributed by atoms with E-state index in [1.807, 2.05) is 0 Å². The molecule has 0 aliphatic carbocycles. The van der Waals surface area contributed by atoms with Crippen LogP contribution in [0.3, 0.4) is 0 Å². The first-order chi connectivity index (χ1) is 10.6. The Balaban J connectivity index is 0.00000127. The van der Waals surface area contributed by atoms with Gasteiger partial charge in [0.15, 0.2) is 0 Å². The van der Waals surface area contributed by atoms with Crippen LogP contribution in [-0.2, 0) is 15.1 Å². The van der Waals surface area contributed by atoms with Crippen molar-refractivity contribution in [2.45, 2.75) is 79.2 Å². The maximum absolute atomic E-state index is 4.20. The minimum atomic E-state index is 0.179. The van der Waals surface area contributed by atoms with Crippen molar-refractivity contribution in [3.63, 3.8) is 0 Å². The molecule has 0 saturated carbocycles. The molecule has 1 aromatic rings. The zero-order chi connectivity index (χ0) is 18.0. The van der Waals surface area contributed by atoms with Crippen molar-refractivity contribution in [2.75, 3.05) is 4.90 Å². The summed E-state index contributed by atoms with van der Waals surface area (Å²) in [6.07, 6.45) is 1.20. The van der Waals surface area contributed by atoms with Gasteiger partial charge in [0.25, 0.3) is 0 Å². The third-order valence-corrected chi connectivity index (χ3v) is 4.60. The average molecular weight is 385 g/mol. The molecule has 1 aliphatic heterocycles. The van der Waals surface area contributed by atoms with Crippen molar-refractivity contribution < 1.29 is 15.1 Å². The van der Waals surface area contributed by atoms with Crippen LogP contribution in [0.25, 0.3) is 0 Å². The second-order valence-corrected chi connectivity index (χ2v) is 8.57. The number of nitrogens with zero attached hydrogens (tertiary/aromatic N) is 1. The zero-order valence-corrected chi connectivity index (χ0v) is 17.5. The molecule has 1 heterocycles. The zero-order valence-electron chi connectivity index (χ0n) is 15.8. The molecular weight excluding hydrogens is 353 g/mol. The fourth-order valence-electron chi connectivity index (χ4n) is 3.93. The van der Waals surface area contributed by atoms with E-state index in [0.29, 0.717) is 11.8 Å². The molecule has 1 saturated heterocycles. The molecule has 0 N–H and O–H groups in total. The number of hydrogen-bond donors (Lipinski definition) is 0. The summed E-state index contributed by atoms with van der Waals surface area (Å²) in [5.41, 5.74) is 4.85. The molecule has 0 aromatic heterocycles. The summed E-state index contributed by atoms with van der Waals surface area (Å²) in [7, 11) is 4.20. The van der Waals surface area contributed by atoms with Crippen LogP contribution in [0.15, 0.2) is 18.2 Å². The van der Waals surface area contributed by atoms with Gasteiger partial charge in [-0.25, -0.2) is 6.54 Å². The Labute approximate surface area is 156 Å². The standard InChI is InChI=1S/C20H32N.ClH.Cu/c1-14(2)16-10-9-11-17(15(3)4)18(16)21-13-19(5,6)12-20(21,7)8;;/h9-11,13-15H,12H2,1-8H3;1H;/q-1;;+2/p-1. The van der Waals surface area contributed by atoms with Gasteiger partial charge < -0.3 is 4.90 Å². The summed E-state index contributed by atoms with van der Waals surface area (Å²) in [6, 6.07) is 6.84. The Kier molecular flexibility index (Phi) is 7.09. The number of para-hydroxylation sites is 1. The van der Waals surface area contributed by atoms with Gasteiger partial charge in [-0.05, 0) is 36.8 Å². The number of anilines is 1. The van der Waals surface area contributed by atoms with E-state index in [1.165, 1.54) is 23.2 Å². The first-order valence-corrected chi connectivity index (χ1v) is 9.74. The molecule has 135 valence electrons. The molecule has 2 rings (SSSR count). The van der Waals surface area contributed by atoms with Crippen LogP contribution in [0, 0.1) is 12.0 Å². The molecule has 0 unspecified atom stereocenters. The van der Waals surface area contributed by atoms with Crippen molar-refractivity contribution in [1.82, 2.24) is 0 Å². The van der Waals surface area contributed by atoms with Gasteiger partial charge in [-0.1, -0.05) is 66.2 Å². The molecule has 0 radical (unpaired) electrons. The summed E-state index contributed by atoms with van der Waals surface area (Å²) in [6.45, 7) is 21.1. The predicted molar refractivity (Wildman–Crippen MR) is 99.7 cm³/mol. The second kappa shape index (κ2) is 7.81. The van der Waals surface area contributed by atoms with Crippen molar-refractivity contribution in [2.24, 2.45) is 5.41 Å². The van der Waals surface area contributed by atoms with E-state index in [1.54, 1.807) is 0 Å². The third-order valence-electron chi connectivity index (χ3n) is 4.60. The Hall–Kier alpha value is -0.171. The SMILES string of the molecule is CC(C)c1cccc(C(C)C)c1N1[CH-]C(C)(C)CC1(C)C.[Cl][Cu+]. The molecule has 1 nitrogen and oxygen atoms in total. The second-order valence-electron chi connectivity index (χ2n) is 8.57. The van der Waals surface area contributed by atoms with E-state index < -0.39 is 0 Å². The quantitative estimate of drug-likeness (QED) is 0.409. The third kappa shape index (κ3) is 4.68.